The predicted molar refractivity (Wildman–Crippen MR) is 78.5 cm³/mol. The van der Waals surface area contributed by atoms with Gasteiger partial charge in [-0.15, -0.1) is 0 Å². The van der Waals surface area contributed by atoms with Gasteiger partial charge < -0.3 is 19.8 Å². The number of amides is 1. The molecule has 0 radical (unpaired) electrons. The first-order valence-electron chi connectivity index (χ1n) is 7.34. The number of pyridine rings is 1. The highest BCUT2D eigenvalue weighted by Gasteiger charge is 2.15. The van der Waals surface area contributed by atoms with E-state index >= 15 is 0 Å². The van der Waals surface area contributed by atoms with E-state index in [0.717, 1.165) is 25.1 Å². The summed E-state index contributed by atoms with van der Waals surface area (Å²) < 4.78 is 10.9. The van der Waals surface area contributed by atoms with Crippen LogP contribution in [0.1, 0.15) is 35.3 Å². The summed E-state index contributed by atoms with van der Waals surface area (Å²) in [5, 5.41) is 2.72. The Kier molecular flexibility index (Phi) is 5.95. The lowest BCUT2D eigenvalue weighted by atomic mass is 10.2. The van der Waals surface area contributed by atoms with Crippen LogP contribution < -0.4 is 10.9 Å². The Bertz CT molecular complexity index is 521. The molecule has 1 saturated heterocycles. The minimum Gasteiger partial charge on any atom is -0.379 e. The van der Waals surface area contributed by atoms with Gasteiger partial charge in [0.05, 0.1) is 12.7 Å². The third-order valence-corrected chi connectivity index (χ3v) is 3.38. The fourth-order valence-corrected chi connectivity index (χ4v) is 2.21. The summed E-state index contributed by atoms with van der Waals surface area (Å²) in [5.74, 6) is -0.352. The lowest BCUT2D eigenvalue weighted by molar-refractivity contribution is 0.0166. The van der Waals surface area contributed by atoms with E-state index in [4.69, 9.17) is 9.47 Å². The maximum Gasteiger partial charge on any atom is 0.260 e. The molecule has 1 aliphatic rings. The Hall–Kier alpha value is -1.66. The zero-order valence-electron chi connectivity index (χ0n) is 12.3. The minimum atomic E-state index is -0.359. The molecule has 1 aromatic heterocycles. The van der Waals surface area contributed by atoms with Gasteiger partial charge in [-0.1, -0.05) is 0 Å². The Balaban J connectivity index is 1.61. The van der Waals surface area contributed by atoms with Gasteiger partial charge in [0, 0.05) is 25.5 Å². The molecular formula is C15H22N2O4. The van der Waals surface area contributed by atoms with E-state index in [-0.39, 0.29) is 23.1 Å². The van der Waals surface area contributed by atoms with Crippen molar-refractivity contribution in [1.29, 1.82) is 0 Å². The van der Waals surface area contributed by atoms with Gasteiger partial charge in [0.2, 0.25) is 0 Å². The minimum absolute atomic E-state index is 0.140. The smallest absolute Gasteiger partial charge is 0.260 e. The van der Waals surface area contributed by atoms with Gasteiger partial charge in [0.1, 0.15) is 5.56 Å². The van der Waals surface area contributed by atoms with Crippen LogP contribution in [-0.2, 0) is 9.47 Å². The quantitative estimate of drug-likeness (QED) is 0.735. The Morgan fingerprint density at radius 2 is 2.38 bits per heavy atom. The van der Waals surface area contributed by atoms with Crippen LogP contribution in [0.5, 0.6) is 0 Å². The fraction of sp³-hybridized carbons (Fsp3) is 0.600. The second kappa shape index (κ2) is 7.95. The van der Waals surface area contributed by atoms with Crippen molar-refractivity contribution in [3.63, 3.8) is 0 Å². The summed E-state index contributed by atoms with van der Waals surface area (Å²) in [4.78, 5) is 26.0. The Labute approximate surface area is 123 Å². The molecule has 0 saturated carbocycles. The summed E-state index contributed by atoms with van der Waals surface area (Å²) in [6, 6.07) is 3.25. The molecule has 1 atom stereocenters. The third-order valence-electron chi connectivity index (χ3n) is 3.38. The van der Waals surface area contributed by atoms with Crippen LogP contribution in [0.25, 0.3) is 0 Å². The predicted octanol–water partition coefficient (Wildman–Crippen LogP) is 0.999. The molecule has 1 fully saturated rings. The number of aromatic amines is 1. The molecule has 2 N–H and O–H groups in total. The van der Waals surface area contributed by atoms with Crippen LogP contribution in [0.15, 0.2) is 16.9 Å². The number of ether oxygens (including phenoxy) is 2. The molecule has 0 bridgehead atoms. The molecule has 2 rings (SSSR count). The van der Waals surface area contributed by atoms with E-state index in [0.29, 0.717) is 26.2 Å². The lowest BCUT2D eigenvalue weighted by Gasteiger charge is -2.10. The molecule has 1 amide bonds. The van der Waals surface area contributed by atoms with Crippen molar-refractivity contribution in [3.05, 3.63) is 33.7 Å². The van der Waals surface area contributed by atoms with E-state index in [2.05, 4.69) is 10.3 Å². The molecule has 0 aromatic carbocycles. The number of rotatable bonds is 7. The van der Waals surface area contributed by atoms with Gasteiger partial charge in [-0.25, -0.2) is 0 Å². The summed E-state index contributed by atoms with van der Waals surface area (Å²) >= 11 is 0. The summed E-state index contributed by atoms with van der Waals surface area (Å²) in [6.45, 7) is 4.28. The summed E-state index contributed by atoms with van der Waals surface area (Å²) in [6.07, 6.45) is 3.11. The number of H-pyrrole nitrogens is 1. The zero-order valence-corrected chi connectivity index (χ0v) is 12.3. The van der Waals surface area contributed by atoms with Crippen molar-refractivity contribution >= 4 is 5.91 Å². The third kappa shape index (κ3) is 4.99. The molecule has 6 heteroatoms. The van der Waals surface area contributed by atoms with Crippen molar-refractivity contribution in [2.75, 3.05) is 26.4 Å². The first-order valence-corrected chi connectivity index (χ1v) is 7.34. The van der Waals surface area contributed by atoms with Crippen LogP contribution in [0.4, 0.5) is 0 Å². The standard InChI is InChI=1S/C15H22N2O4/c1-11-5-6-13(15(19)17-11)14(18)16-7-3-8-20-10-12-4-2-9-21-12/h5-6,12H,2-4,7-10H2,1H3,(H,16,18)(H,17,19). The molecule has 21 heavy (non-hydrogen) atoms. The van der Waals surface area contributed by atoms with Crippen molar-refractivity contribution in [2.24, 2.45) is 0 Å². The van der Waals surface area contributed by atoms with E-state index in [9.17, 15) is 9.59 Å². The van der Waals surface area contributed by atoms with Crippen molar-refractivity contribution < 1.29 is 14.3 Å². The van der Waals surface area contributed by atoms with E-state index in [1.807, 2.05) is 0 Å². The van der Waals surface area contributed by atoms with E-state index < -0.39 is 0 Å². The molecule has 6 nitrogen and oxygen atoms in total. The monoisotopic (exact) mass is 294 g/mol. The lowest BCUT2D eigenvalue weighted by Crippen LogP contribution is -2.31. The largest absolute Gasteiger partial charge is 0.379 e. The van der Waals surface area contributed by atoms with Gasteiger partial charge in [0.15, 0.2) is 0 Å². The molecule has 1 aliphatic heterocycles. The molecule has 2 heterocycles. The number of nitrogens with one attached hydrogen (secondary N) is 2. The van der Waals surface area contributed by atoms with E-state index in [1.165, 1.54) is 6.07 Å². The highest BCUT2D eigenvalue weighted by atomic mass is 16.5. The number of hydrogen-bond acceptors (Lipinski definition) is 4. The number of carbonyl (C=O) groups is 1. The highest BCUT2D eigenvalue weighted by molar-refractivity contribution is 5.93. The summed E-state index contributed by atoms with van der Waals surface area (Å²) in [7, 11) is 0. The van der Waals surface area contributed by atoms with Gasteiger partial charge in [-0.05, 0) is 38.3 Å². The van der Waals surface area contributed by atoms with Crippen LogP contribution in [0, 0.1) is 6.92 Å². The van der Waals surface area contributed by atoms with Gasteiger partial charge in [-0.3, -0.25) is 9.59 Å². The first kappa shape index (κ1) is 15.7. The second-order valence-electron chi connectivity index (χ2n) is 5.20. The maximum absolute atomic E-state index is 11.8. The van der Waals surface area contributed by atoms with Crippen LogP contribution >= 0.6 is 0 Å². The van der Waals surface area contributed by atoms with Crippen LogP contribution in [-0.4, -0.2) is 43.4 Å². The van der Waals surface area contributed by atoms with E-state index in [1.54, 1.807) is 13.0 Å². The molecule has 0 spiro atoms. The molecule has 1 aromatic rings. The van der Waals surface area contributed by atoms with Gasteiger partial charge in [0.25, 0.3) is 11.5 Å². The molecule has 1 unspecified atom stereocenters. The fourth-order valence-electron chi connectivity index (χ4n) is 2.21. The maximum atomic E-state index is 11.8. The number of aryl methyl sites for hydroxylation is 1. The zero-order chi connectivity index (χ0) is 15.1. The number of hydrogen-bond donors (Lipinski definition) is 2. The normalized spacial score (nSPS) is 17.9. The molecular weight excluding hydrogens is 272 g/mol. The number of carbonyl (C=O) groups excluding carboxylic acids is 1. The topological polar surface area (TPSA) is 80.4 Å². The first-order chi connectivity index (χ1) is 10.2. The van der Waals surface area contributed by atoms with Crippen LogP contribution in [0.2, 0.25) is 0 Å². The molecule has 116 valence electrons. The van der Waals surface area contributed by atoms with Crippen molar-refractivity contribution in [3.8, 4) is 0 Å². The Morgan fingerprint density at radius 1 is 1.52 bits per heavy atom. The van der Waals surface area contributed by atoms with Gasteiger partial charge in [-0.2, -0.15) is 0 Å². The van der Waals surface area contributed by atoms with Crippen LogP contribution in [0.3, 0.4) is 0 Å². The SMILES string of the molecule is Cc1ccc(C(=O)NCCCOCC2CCCO2)c(=O)[nH]1. The van der Waals surface area contributed by atoms with Gasteiger partial charge >= 0.3 is 0 Å². The average Bonchev–Trinajstić information content (AvgIpc) is 2.95. The second-order valence-corrected chi connectivity index (χ2v) is 5.20. The summed E-state index contributed by atoms with van der Waals surface area (Å²) in [5.41, 5.74) is 0.516. The van der Waals surface area contributed by atoms with Crippen molar-refractivity contribution in [1.82, 2.24) is 10.3 Å². The molecule has 0 aliphatic carbocycles. The van der Waals surface area contributed by atoms with Crippen molar-refractivity contribution in [2.45, 2.75) is 32.3 Å². The number of aromatic nitrogens is 1. The Morgan fingerprint density at radius 3 is 3.10 bits per heavy atom. The average molecular weight is 294 g/mol. The highest BCUT2D eigenvalue weighted by Crippen LogP contribution is 2.11.